The van der Waals surface area contributed by atoms with Crippen molar-refractivity contribution in [2.45, 2.75) is 190 Å². The van der Waals surface area contributed by atoms with Crippen molar-refractivity contribution in [2.24, 2.45) is 52.3 Å². The lowest BCUT2D eigenvalue weighted by atomic mass is 9.44. The van der Waals surface area contributed by atoms with Crippen LogP contribution in [0.4, 0.5) is 0 Å². The Morgan fingerprint density at radius 2 is 1.31 bits per heavy atom. The zero-order valence-corrected chi connectivity index (χ0v) is 34.9. The summed E-state index contributed by atoms with van der Waals surface area (Å²) in [6.45, 7) is 9.48. The van der Waals surface area contributed by atoms with Crippen molar-refractivity contribution in [1.82, 2.24) is 0 Å². The van der Waals surface area contributed by atoms with Gasteiger partial charge in [-0.1, -0.05) is 27.7 Å². The van der Waals surface area contributed by atoms with Crippen molar-refractivity contribution in [3.63, 3.8) is 0 Å². The van der Waals surface area contributed by atoms with Gasteiger partial charge < -0.3 is 78.7 Å². The first kappa shape index (κ1) is 43.6. The average Bonchev–Trinajstić information content (AvgIpc) is 3.66. The highest BCUT2D eigenvalue weighted by Gasteiger charge is 2.69. The molecule has 25 atom stereocenters. The number of aliphatic hydroxyl groups excluding tert-OH is 8. The zero-order valence-electron chi connectivity index (χ0n) is 34.9. The molecule has 0 aromatic carbocycles. The Labute approximate surface area is 346 Å². The van der Waals surface area contributed by atoms with Gasteiger partial charge in [0.2, 0.25) is 0 Å². The van der Waals surface area contributed by atoms with Crippen LogP contribution in [-0.4, -0.2) is 165 Å². The van der Waals surface area contributed by atoms with E-state index in [4.69, 9.17) is 37.9 Å². The molecule has 16 nitrogen and oxygen atoms in total. The summed E-state index contributed by atoms with van der Waals surface area (Å²) in [6.07, 6.45) is -8.46. The minimum absolute atomic E-state index is 0.150. The first-order valence-electron chi connectivity index (χ1n) is 22.6. The summed E-state index contributed by atoms with van der Waals surface area (Å²) in [6, 6.07) is 0. The second-order valence-corrected chi connectivity index (χ2v) is 20.7. The minimum Gasteiger partial charge on any atom is -0.388 e. The monoisotopic (exact) mass is 842 g/mol. The number of rotatable bonds is 7. The van der Waals surface area contributed by atoms with Gasteiger partial charge in [-0.05, 0) is 104 Å². The predicted molar refractivity (Wildman–Crippen MR) is 204 cm³/mol. The highest BCUT2D eigenvalue weighted by atomic mass is 16.8. The third-order valence-electron chi connectivity index (χ3n) is 17.5. The molecule has 5 saturated heterocycles. The van der Waals surface area contributed by atoms with Crippen LogP contribution in [0, 0.1) is 52.3 Å². The molecule has 338 valence electrons. The van der Waals surface area contributed by atoms with Gasteiger partial charge in [0.15, 0.2) is 24.7 Å². The van der Waals surface area contributed by atoms with Gasteiger partial charge in [0.25, 0.3) is 0 Å². The highest BCUT2D eigenvalue weighted by molar-refractivity contribution is 5.15. The van der Waals surface area contributed by atoms with Gasteiger partial charge in [0, 0.05) is 12.3 Å². The molecule has 0 amide bonds. The molecule has 1 spiro atoms. The quantitative estimate of drug-likeness (QED) is 0.164. The van der Waals surface area contributed by atoms with E-state index in [0.717, 1.165) is 51.6 Å². The lowest BCUT2D eigenvalue weighted by Gasteiger charge is -2.61. The molecule has 5 aliphatic heterocycles. The zero-order chi connectivity index (χ0) is 41.8. The molecule has 9 rings (SSSR count). The summed E-state index contributed by atoms with van der Waals surface area (Å²) in [7, 11) is 0. The summed E-state index contributed by atoms with van der Waals surface area (Å²) >= 11 is 0. The van der Waals surface area contributed by atoms with E-state index in [1.54, 1.807) is 0 Å². The maximum atomic E-state index is 11.5. The Hall–Kier alpha value is -0.640. The molecule has 0 radical (unpaired) electrons. The van der Waals surface area contributed by atoms with Crippen LogP contribution >= 0.6 is 0 Å². The Morgan fingerprint density at radius 1 is 0.627 bits per heavy atom. The number of hydrogen-bond acceptors (Lipinski definition) is 16. The summed E-state index contributed by atoms with van der Waals surface area (Å²) in [5.41, 5.74) is 0.392. The van der Waals surface area contributed by atoms with E-state index in [9.17, 15) is 40.9 Å². The molecule has 59 heavy (non-hydrogen) atoms. The standard InChI is InChI=1S/C43H70O16/c1-19-7-12-43(55-15-19)20(2)30-28(59-43)14-25-23-6-5-21-13-22(8-10-41(21,3)24(23)9-11-42(25,30)4)56-40-36(51)33(48)37(58-39-35(50)32(47)27(45)17-53-39)29(57-40)18-54-38-34(49)31(46)26(44)16-52-38/h19-40,44-51H,5-18H2,1-4H3/t19-,20-,21+,22-,23+,24-,25-,26-,27-,28-,29+,30-,31-,32-,33+,34+,35+,36+,37+,38-,39-,40+,41-,42-,43+/m0/s1. The molecule has 16 heteroatoms. The summed E-state index contributed by atoms with van der Waals surface area (Å²) < 4.78 is 48.9. The van der Waals surface area contributed by atoms with E-state index in [-0.39, 0.29) is 42.9 Å². The van der Waals surface area contributed by atoms with Crippen molar-refractivity contribution < 1.29 is 78.7 Å². The van der Waals surface area contributed by atoms with Gasteiger partial charge in [-0.2, -0.15) is 0 Å². The Kier molecular flexibility index (Phi) is 12.1. The van der Waals surface area contributed by atoms with Crippen LogP contribution < -0.4 is 0 Å². The summed E-state index contributed by atoms with van der Waals surface area (Å²) in [4.78, 5) is 0. The molecule has 0 bridgehead atoms. The van der Waals surface area contributed by atoms with Crippen LogP contribution in [0.25, 0.3) is 0 Å². The third kappa shape index (κ3) is 7.38. The molecular formula is C43H70O16. The van der Waals surface area contributed by atoms with E-state index in [0.29, 0.717) is 41.4 Å². The van der Waals surface area contributed by atoms with Gasteiger partial charge >= 0.3 is 0 Å². The van der Waals surface area contributed by atoms with Crippen LogP contribution in [-0.2, 0) is 37.9 Å². The number of hydrogen-bond donors (Lipinski definition) is 8. The fourth-order valence-corrected chi connectivity index (χ4v) is 14.0. The predicted octanol–water partition coefficient (Wildman–Crippen LogP) is 0.545. The van der Waals surface area contributed by atoms with Crippen LogP contribution in [0.5, 0.6) is 0 Å². The number of fused-ring (bicyclic) bond motifs is 7. The second-order valence-electron chi connectivity index (χ2n) is 20.7. The molecule has 5 heterocycles. The SMILES string of the molecule is C[C@H]1CC[C@@]2(OC1)O[C@H]1C[C@H]3[C@@H]4CC[C@@H]5C[C@@H](O[C@@H]6O[C@H](CO[C@@H]7OC[C@H](O)[C@H](O)[C@H]7O)[C@@H](O[C@@H]7OC[C@H](O)[C@H](O)[C@H]7O)[C@H](O)[C@H]6O)CC[C@]5(C)[C@H]4CC[C@]3(C)[C@H]1[C@@H]2C. The van der Waals surface area contributed by atoms with Crippen LogP contribution in [0.1, 0.15) is 91.9 Å². The van der Waals surface area contributed by atoms with Gasteiger partial charge in [-0.15, -0.1) is 0 Å². The molecule has 9 aliphatic rings. The average molecular weight is 843 g/mol. The fourth-order valence-electron chi connectivity index (χ4n) is 14.0. The summed E-state index contributed by atoms with van der Waals surface area (Å²) in [5.74, 6) is 3.40. The third-order valence-corrected chi connectivity index (χ3v) is 17.5. The maximum Gasteiger partial charge on any atom is 0.186 e. The molecule has 4 aliphatic carbocycles. The highest BCUT2D eigenvalue weighted by Crippen LogP contribution is 2.71. The van der Waals surface area contributed by atoms with Crippen molar-refractivity contribution in [2.75, 3.05) is 26.4 Å². The molecule has 0 aromatic rings. The Morgan fingerprint density at radius 3 is 2.02 bits per heavy atom. The lowest BCUT2D eigenvalue weighted by Crippen LogP contribution is -2.64. The first-order chi connectivity index (χ1) is 28.0. The van der Waals surface area contributed by atoms with E-state index in [2.05, 4.69) is 27.7 Å². The molecule has 0 aromatic heterocycles. The fraction of sp³-hybridized carbons (Fsp3) is 1.00. The maximum absolute atomic E-state index is 11.5. The van der Waals surface area contributed by atoms with Crippen LogP contribution in [0.3, 0.4) is 0 Å². The normalized spacial score (nSPS) is 58.8. The van der Waals surface area contributed by atoms with Crippen LogP contribution in [0.2, 0.25) is 0 Å². The molecule has 4 saturated carbocycles. The first-order valence-corrected chi connectivity index (χ1v) is 22.6. The molecular weight excluding hydrogens is 772 g/mol. The topological polar surface area (TPSA) is 236 Å². The smallest absolute Gasteiger partial charge is 0.186 e. The molecule has 0 unspecified atom stereocenters. The largest absolute Gasteiger partial charge is 0.388 e. The van der Waals surface area contributed by atoms with Crippen molar-refractivity contribution >= 4 is 0 Å². The van der Waals surface area contributed by atoms with Gasteiger partial charge in [0.1, 0.15) is 61.0 Å². The van der Waals surface area contributed by atoms with E-state index >= 15 is 0 Å². The molecule has 9 fully saturated rings. The van der Waals surface area contributed by atoms with Crippen molar-refractivity contribution in [3.8, 4) is 0 Å². The van der Waals surface area contributed by atoms with Crippen LogP contribution in [0.15, 0.2) is 0 Å². The van der Waals surface area contributed by atoms with Gasteiger partial charge in [-0.25, -0.2) is 0 Å². The lowest BCUT2D eigenvalue weighted by molar-refractivity contribution is -0.362. The molecule has 8 N–H and O–H groups in total. The minimum atomic E-state index is -1.68. The Bertz CT molecular complexity index is 1470. The Balaban J connectivity index is 0.855. The van der Waals surface area contributed by atoms with Crippen molar-refractivity contribution in [3.05, 3.63) is 0 Å². The van der Waals surface area contributed by atoms with E-state index in [1.807, 2.05) is 0 Å². The van der Waals surface area contributed by atoms with Crippen molar-refractivity contribution in [1.29, 1.82) is 0 Å². The second kappa shape index (κ2) is 16.4. The van der Waals surface area contributed by atoms with E-state index in [1.165, 1.54) is 19.3 Å². The van der Waals surface area contributed by atoms with Gasteiger partial charge in [0.05, 0.1) is 38.6 Å². The number of ether oxygens (including phenoxy) is 8. The van der Waals surface area contributed by atoms with E-state index < -0.39 is 85.7 Å². The van der Waals surface area contributed by atoms with Gasteiger partial charge in [-0.3, -0.25) is 0 Å². The summed E-state index contributed by atoms with van der Waals surface area (Å²) in [5, 5.41) is 84.4. The number of aliphatic hydroxyl groups is 8.